The summed E-state index contributed by atoms with van der Waals surface area (Å²) >= 11 is 0. The van der Waals surface area contributed by atoms with E-state index in [2.05, 4.69) is 10.2 Å². The first-order valence-corrected chi connectivity index (χ1v) is 11.8. The van der Waals surface area contributed by atoms with Crippen molar-refractivity contribution in [3.8, 4) is 5.75 Å². The van der Waals surface area contributed by atoms with Crippen molar-refractivity contribution in [2.45, 2.75) is 38.2 Å². The number of rotatable bonds is 9. The van der Waals surface area contributed by atoms with Crippen LogP contribution in [0.2, 0.25) is 0 Å². The fourth-order valence-electron chi connectivity index (χ4n) is 4.35. The Morgan fingerprint density at radius 2 is 1.76 bits per heavy atom. The van der Waals surface area contributed by atoms with Gasteiger partial charge in [-0.05, 0) is 87.2 Å². The molecule has 2 aliphatic heterocycles. The van der Waals surface area contributed by atoms with Gasteiger partial charge in [-0.25, -0.2) is 0 Å². The molecule has 1 unspecified atom stereocenters. The Balaban J connectivity index is 1.20. The molecule has 3 N–H and O–H groups in total. The van der Waals surface area contributed by atoms with Crippen molar-refractivity contribution in [3.63, 3.8) is 0 Å². The first-order valence-electron chi connectivity index (χ1n) is 11.8. The molecule has 2 aromatic rings. The van der Waals surface area contributed by atoms with Gasteiger partial charge in [0, 0.05) is 30.3 Å². The van der Waals surface area contributed by atoms with Crippen molar-refractivity contribution in [1.82, 2.24) is 4.90 Å². The molecule has 2 amide bonds. The standard InChI is InChI=1S/C26H33N3O4/c27-25(30)20-12-15-29(16-13-20)14-11-19-3-7-22(8-4-19)28-26(31)21-5-9-23(10-6-21)33-18-24-2-1-17-32-24/h3-10,20,24H,1-2,11-18H2,(H2,27,30)(H,28,31). The van der Waals surface area contributed by atoms with Crippen LogP contribution in [0.3, 0.4) is 0 Å². The van der Waals surface area contributed by atoms with Gasteiger partial charge in [0.25, 0.3) is 5.91 Å². The summed E-state index contributed by atoms with van der Waals surface area (Å²) in [6.07, 6.45) is 4.93. The Hall–Kier alpha value is -2.90. The normalized spacial score (nSPS) is 19.3. The second-order valence-corrected chi connectivity index (χ2v) is 8.89. The average molecular weight is 452 g/mol. The number of hydrogen-bond donors (Lipinski definition) is 2. The van der Waals surface area contributed by atoms with Crippen LogP contribution in [-0.4, -0.2) is 55.7 Å². The number of nitrogens with zero attached hydrogens (tertiary/aromatic N) is 1. The van der Waals surface area contributed by atoms with Crippen LogP contribution in [0.1, 0.15) is 41.6 Å². The van der Waals surface area contributed by atoms with Gasteiger partial charge in [0.05, 0.1) is 6.10 Å². The molecule has 7 heteroatoms. The number of nitrogens with one attached hydrogen (secondary N) is 1. The van der Waals surface area contributed by atoms with Crippen molar-refractivity contribution >= 4 is 17.5 Å². The molecular formula is C26H33N3O4. The predicted molar refractivity (Wildman–Crippen MR) is 127 cm³/mol. The zero-order valence-corrected chi connectivity index (χ0v) is 19.0. The molecule has 0 bridgehead atoms. The van der Waals surface area contributed by atoms with E-state index < -0.39 is 0 Å². The molecule has 4 rings (SSSR count). The first kappa shape index (κ1) is 23.3. The monoisotopic (exact) mass is 451 g/mol. The molecule has 2 saturated heterocycles. The van der Waals surface area contributed by atoms with Crippen molar-refractivity contribution in [1.29, 1.82) is 0 Å². The molecule has 0 spiro atoms. The van der Waals surface area contributed by atoms with E-state index in [1.165, 1.54) is 5.56 Å². The predicted octanol–water partition coefficient (Wildman–Crippen LogP) is 3.24. The summed E-state index contributed by atoms with van der Waals surface area (Å²) < 4.78 is 11.3. The fraction of sp³-hybridized carbons (Fsp3) is 0.462. The zero-order valence-electron chi connectivity index (χ0n) is 19.0. The number of primary amides is 1. The van der Waals surface area contributed by atoms with Crippen LogP contribution in [0, 0.1) is 5.92 Å². The van der Waals surface area contributed by atoms with Crippen LogP contribution in [0.4, 0.5) is 5.69 Å². The largest absolute Gasteiger partial charge is 0.491 e. The molecule has 2 heterocycles. The Morgan fingerprint density at radius 1 is 1.03 bits per heavy atom. The summed E-state index contributed by atoms with van der Waals surface area (Å²) in [5, 5.41) is 2.95. The fourth-order valence-corrected chi connectivity index (χ4v) is 4.35. The molecule has 0 aromatic heterocycles. The lowest BCUT2D eigenvalue weighted by Crippen LogP contribution is -2.39. The minimum absolute atomic E-state index is 0.0272. The number of piperidine rings is 1. The highest BCUT2D eigenvalue weighted by molar-refractivity contribution is 6.04. The Labute approximate surface area is 195 Å². The van der Waals surface area contributed by atoms with Crippen molar-refractivity contribution < 1.29 is 19.1 Å². The van der Waals surface area contributed by atoms with Gasteiger partial charge < -0.3 is 25.4 Å². The Morgan fingerprint density at radius 3 is 2.39 bits per heavy atom. The zero-order chi connectivity index (χ0) is 23.0. The van der Waals surface area contributed by atoms with Crippen molar-refractivity contribution in [3.05, 3.63) is 59.7 Å². The topological polar surface area (TPSA) is 93.9 Å². The SMILES string of the molecule is NC(=O)C1CCN(CCc2ccc(NC(=O)c3ccc(OCC4CCCO4)cc3)cc2)CC1. The number of amides is 2. The van der Waals surface area contributed by atoms with Gasteiger partial charge >= 0.3 is 0 Å². The molecule has 2 fully saturated rings. The van der Waals surface area contributed by atoms with Crippen LogP contribution in [0.15, 0.2) is 48.5 Å². The smallest absolute Gasteiger partial charge is 0.255 e. The highest BCUT2D eigenvalue weighted by Crippen LogP contribution is 2.19. The number of hydrogen-bond acceptors (Lipinski definition) is 5. The second-order valence-electron chi connectivity index (χ2n) is 8.89. The van der Waals surface area contributed by atoms with Gasteiger partial charge in [0.15, 0.2) is 0 Å². The lowest BCUT2D eigenvalue weighted by atomic mass is 9.96. The summed E-state index contributed by atoms with van der Waals surface area (Å²) in [6.45, 7) is 4.15. The number of carbonyl (C=O) groups excluding carboxylic acids is 2. The minimum atomic E-state index is -0.175. The average Bonchev–Trinajstić information content (AvgIpc) is 3.37. The van der Waals surface area contributed by atoms with Gasteiger partial charge in [-0.3, -0.25) is 9.59 Å². The summed E-state index contributed by atoms with van der Waals surface area (Å²) in [6, 6.07) is 15.2. The van der Waals surface area contributed by atoms with Crippen molar-refractivity contribution in [2.24, 2.45) is 11.7 Å². The molecular weight excluding hydrogens is 418 g/mol. The number of nitrogens with two attached hydrogens (primary N) is 1. The van der Waals surface area contributed by atoms with E-state index in [1.54, 1.807) is 12.1 Å². The Bertz CT molecular complexity index is 916. The number of carbonyl (C=O) groups is 2. The lowest BCUT2D eigenvalue weighted by Gasteiger charge is -2.30. The van der Waals surface area contributed by atoms with Gasteiger partial charge in [0.1, 0.15) is 12.4 Å². The van der Waals surface area contributed by atoms with Gasteiger partial charge in [-0.1, -0.05) is 12.1 Å². The number of anilines is 1. The third-order valence-electron chi connectivity index (χ3n) is 6.49. The molecule has 0 aliphatic carbocycles. The van der Waals surface area contributed by atoms with E-state index >= 15 is 0 Å². The molecule has 176 valence electrons. The molecule has 1 atom stereocenters. The summed E-state index contributed by atoms with van der Waals surface area (Å²) in [7, 11) is 0. The number of benzene rings is 2. The van der Waals surface area contributed by atoms with E-state index in [1.807, 2.05) is 36.4 Å². The van der Waals surface area contributed by atoms with E-state index in [9.17, 15) is 9.59 Å². The van der Waals surface area contributed by atoms with Crippen LogP contribution in [0.5, 0.6) is 5.75 Å². The lowest BCUT2D eigenvalue weighted by molar-refractivity contribution is -0.123. The Kier molecular flexibility index (Phi) is 7.96. The van der Waals surface area contributed by atoms with Gasteiger partial charge in [-0.2, -0.15) is 0 Å². The van der Waals surface area contributed by atoms with Crippen LogP contribution in [0.25, 0.3) is 0 Å². The quantitative estimate of drug-likeness (QED) is 0.611. The highest BCUT2D eigenvalue weighted by atomic mass is 16.5. The van der Waals surface area contributed by atoms with E-state index in [-0.39, 0.29) is 23.8 Å². The third kappa shape index (κ3) is 6.79. The van der Waals surface area contributed by atoms with Gasteiger partial charge in [0.2, 0.25) is 5.91 Å². The minimum Gasteiger partial charge on any atom is -0.491 e. The van der Waals surface area contributed by atoms with E-state index in [0.717, 1.165) is 69.8 Å². The molecule has 0 saturated carbocycles. The van der Waals surface area contributed by atoms with Crippen molar-refractivity contribution in [2.75, 3.05) is 38.2 Å². The molecule has 2 aromatic carbocycles. The number of ether oxygens (including phenoxy) is 2. The maximum Gasteiger partial charge on any atom is 0.255 e. The maximum atomic E-state index is 12.6. The molecule has 7 nitrogen and oxygen atoms in total. The molecule has 0 radical (unpaired) electrons. The summed E-state index contributed by atoms with van der Waals surface area (Å²) in [4.78, 5) is 26.2. The first-order chi connectivity index (χ1) is 16.1. The number of likely N-dealkylation sites (tertiary alicyclic amines) is 1. The third-order valence-corrected chi connectivity index (χ3v) is 6.49. The van der Waals surface area contributed by atoms with Crippen LogP contribution >= 0.6 is 0 Å². The molecule has 2 aliphatic rings. The van der Waals surface area contributed by atoms with E-state index in [0.29, 0.717) is 12.2 Å². The highest BCUT2D eigenvalue weighted by Gasteiger charge is 2.22. The maximum absolute atomic E-state index is 12.6. The van der Waals surface area contributed by atoms with E-state index in [4.69, 9.17) is 15.2 Å². The van der Waals surface area contributed by atoms with Gasteiger partial charge in [-0.15, -0.1) is 0 Å². The summed E-state index contributed by atoms with van der Waals surface area (Å²) in [5.41, 5.74) is 7.98. The van der Waals surface area contributed by atoms with Crippen LogP contribution in [-0.2, 0) is 16.0 Å². The molecule has 33 heavy (non-hydrogen) atoms. The second kappa shape index (κ2) is 11.3. The van der Waals surface area contributed by atoms with Crippen LogP contribution < -0.4 is 15.8 Å². The summed E-state index contributed by atoms with van der Waals surface area (Å²) in [5.74, 6) is 0.446.